The van der Waals surface area contributed by atoms with Crippen molar-refractivity contribution >= 4 is 5.97 Å². The third-order valence-corrected chi connectivity index (χ3v) is 2.25. The van der Waals surface area contributed by atoms with Crippen LogP contribution in [-0.4, -0.2) is 50.7 Å². The summed E-state index contributed by atoms with van der Waals surface area (Å²) < 4.78 is 15.2. The average molecular weight is 218 g/mol. The van der Waals surface area contributed by atoms with E-state index in [2.05, 4.69) is 0 Å². The van der Waals surface area contributed by atoms with Gasteiger partial charge in [0.1, 0.15) is 0 Å². The predicted octanol–water partition coefficient (Wildman–Crippen LogP) is 0.529. The molecular formula is C10H18O5. The van der Waals surface area contributed by atoms with Crippen LogP contribution in [0.15, 0.2) is 0 Å². The third-order valence-electron chi connectivity index (χ3n) is 2.25. The van der Waals surface area contributed by atoms with Crippen LogP contribution in [0.1, 0.15) is 12.8 Å². The van der Waals surface area contributed by atoms with Gasteiger partial charge in [0, 0.05) is 7.11 Å². The van der Waals surface area contributed by atoms with Crippen molar-refractivity contribution in [3.63, 3.8) is 0 Å². The fourth-order valence-corrected chi connectivity index (χ4v) is 1.29. The second kappa shape index (κ2) is 6.76. The number of hydrogen-bond acceptors (Lipinski definition) is 4. The zero-order chi connectivity index (χ0) is 11.1. The van der Waals surface area contributed by atoms with Gasteiger partial charge < -0.3 is 19.3 Å². The molecular weight excluding hydrogens is 200 g/mol. The highest BCUT2D eigenvalue weighted by molar-refractivity contribution is 5.73. The Hall–Kier alpha value is -0.650. The van der Waals surface area contributed by atoms with Crippen molar-refractivity contribution < 1.29 is 24.1 Å². The van der Waals surface area contributed by atoms with Crippen LogP contribution < -0.4 is 0 Å². The van der Waals surface area contributed by atoms with E-state index in [1.807, 2.05) is 0 Å². The van der Waals surface area contributed by atoms with Gasteiger partial charge in [-0.25, -0.2) is 4.79 Å². The zero-order valence-electron chi connectivity index (χ0n) is 8.98. The topological polar surface area (TPSA) is 65.0 Å². The molecule has 1 atom stereocenters. The minimum absolute atomic E-state index is 0.210. The van der Waals surface area contributed by atoms with Gasteiger partial charge in [0.2, 0.25) is 0 Å². The van der Waals surface area contributed by atoms with E-state index >= 15 is 0 Å². The number of methoxy groups -OCH3 is 1. The summed E-state index contributed by atoms with van der Waals surface area (Å²) in [7, 11) is 1.60. The van der Waals surface area contributed by atoms with E-state index in [1.165, 1.54) is 0 Å². The maximum atomic E-state index is 10.8. The molecule has 1 aliphatic rings. The van der Waals surface area contributed by atoms with E-state index in [-0.39, 0.29) is 5.92 Å². The fraction of sp³-hybridized carbons (Fsp3) is 0.900. The average Bonchev–Trinajstić information content (AvgIpc) is 3.00. The number of carboxylic acid groups (broad SMARTS) is 1. The molecule has 0 aromatic carbocycles. The first kappa shape index (κ1) is 12.4. The number of hydrogen-bond donors (Lipinski definition) is 1. The lowest BCUT2D eigenvalue weighted by atomic mass is 10.2. The zero-order valence-corrected chi connectivity index (χ0v) is 8.98. The molecule has 0 radical (unpaired) electrons. The molecule has 0 saturated heterocycles. The molecule has 0 aromatic rings. The second-order valence-electron chi connectivity index (χ2n) is 3.57. The van der Waals surface area contributed by atoms with E-state index < -0.39 is 12.1 Å². The lowest BCUT2D eigenvalue weighted by molar-refractivity contribution is -0.153. The van der Waals surface area contributed by atoms with Gasteiger partial charge in [-0.05, 0) is 18.8 Å². The normalized spacial score (nSPS) is 17.7. The number of carbonyl (C=O) groups is 1. The fourth-order valence-electron chi connectivity index (χ4n) is 1.29. The summed E-state index contributed by atoms with van der Waals surface area (Å²) in [6.45, 7) is 1.81. The van der Waals surface area contributed by atoms with E-state index in [1.54, 1.807) is 7.11 Å². The molecule has 0 bridgehead atoms. The molecule has 1 unspecified atom stereocenters. The van der Waals surface area contributed by atoms with E-state index in [0.29, 0.717) is 26.4 Å². The Kier molecular flexibility index (Phi) is 5.60. The summed E-state index contributed by atoms with van der Waals surface area (Å²) in [4.78, 5) is 10.8. The number of aliphatic carboxylic acids is 1. The maximum absolute atomic E-state index is 10.8. The van der Waals surface area contributed by atoms with Gasteiger partial charge >= 0.3 is 5.97 Å². The van der Waals surface area contributed by atoms with Crippen molar-refractivity contribution in [2.75, 3.05) is 33.5 Å². The Bertz CT molecular complexity index is 190. The quantitative estimate of drug-likeness (QED) is 0.572. The molecule has 0 amide bonds. The Morgan fingerprint density at radius 2 is 2.00 bits per heavy atom. The summed E-state index contributed by atoms with van der Waals surface area (Å²) in [5.41, 5.74) is 0. The second-order valence-corrected chi connectivity index (χ2v) is 3.57. The van der Waals surface area contributed by atoms with E-state index in [9.17, 15) is 4.79 Å². The molecule has 1 rings (SSSR count). The molecule has 1 aliphatic carbocycles. The molecule has 5 heteroatoms. The van der Waals surface area contributed by atoms with Crippen LogP contribution in [0.5, 0.6) is 0 Å². The van der Waals surface area contributed by atoms with Gasteiger partial charge in [-0.1, -0.05) is 0 Å². The summed E-state index contributed by atoms with van der Waals surface area (Å²) >= 11 is 0. The Labute approximate surface area is 89.3 Å². The largest absolute Gasteiger partial charge is 0.479 e. The molecule has 1 saturated carbocycles. The van der Waals surface area contributed by atoms with Gasteiger partial charge in [-0.3, -0.25) is 0 Å². The van der Waals surface area contributed by atoms with Gasteiger partial charge in [0.25, 0.3) is 0 Å². The van der Waals surface area contributed by atoms with Crippen LogP contribution in [0.3, 0.4) is 0 Å². The maximum Gasteiger partial charge on any atom is 0.333 e. The molecule has 0 aliphatic heterocycles. The van der Waals surface area contributed by atoms with Crippen LogP contribution >= 0.6 is 0 Å². The number of rotatable bonds is 9. The highest BCUT2D eigenvalue weighted by atomic mass is 16.6. The van der Waals surface area contributed by atoms with Crippen LogP contribution in [-0.2, 0) is 19.0 Å². The van der Waals surface area contributed by atoms with Crippen molar-refractivity contribution in [2.45, 2.75) is 18.9 Å². The Balaban J connectivity index is 1.99. The SMILES string of the molecule is COCCOCCOC(C(=O)O)C1CC1. The van der Waals surface area contributed by atoms with Crippen molar-refractivity contribution in [3.8, 4) is 0 Å². The predicted molar refractivity (Wildman–Crippen MR) is 52.8 cm³/mol. The minimum atomic E-state index is -0.866. The van der Waals surface area contributed by atoms with Gasteiger partial charge in [-0.15, -0.1) is 0 Å². The first-order valence-electron chi connectivity index (χ1n) is 5.16. The summed E-state index contributed by atoms with van der Waals surface area (Å²) in [5, 5.41) is 8.84. The van der Waals surface area contributed by atoms with Gasteiger partial charge in [-0.2, -0.15) is 0 Å². The van der Waals surface area contributed by atoms with E-state index in [0.717, 1.165) is 12.8 Å². The first-order chi connectivity index (χ1) is 7.25. The molecule has 15 heavy (non-hydrogen) atoms. The Morgan fingerprint density at radius 1 is 1.33 bits per heavy atom. The van der Waals surface area contributed by atoms with Crippen LogP contribution in [0.4, 0.5) is 0 Å². The summed E-state index contributed by atoms with van der Waals surface area (Å²) in [6, 6.07) is 0. The minimum Gasteiger partial charge on any atom is -0.479 e. The third kappa shape index (κ3) is 5.11. The van der Waals surface area contributed by atoms with Gasteiger partial charge in [0.05, 0.1) is 26.4 Å². The van der Waals surface area contributed by atoms with Crippen LogP contribution in [0, 0.1) is 5.92 Å². The van der Waals surface area contributed by atoms with Gasteiger partial charge in [0.15, 0.2) is 6.10 Å². The number of carboxylic acids is 1. The van der Waals surface area contributed by atoms with Crippen molar-refractivity contribution in [2.24, 2.45) is 5.92 Å². The summed E-state index contributed by atoms with van der Waals surface area (Å²) in [6.07, 6.45) is 1.28. The monoisotopic (exact) mass is 218 g/mol. The number of ether oxygens (including phenoxy) is 3. The molecule has 1 N–H and O–H groups in total. The smallest absolute Gasteiger partial charge is 0.333 e. The molecule has 88 valence electrons. The van der Waals surface area contributed by atoms with Crippen molar-refractivity contribution in [1.82, 2.24) is 0 Å². The molecule has 1 fully saturated rings. The molecule has 0 spiro atoms. The molecule has 0 aromatic heterocycles. The Morgan fingerprint density at radius 3 is 2.53 bits per heavy atom. The highest BCUT2D eigenvalue weighted by Crippen LogP contribution is 2.34. The van der Waals surface area contributed by atoms with Crippen LogP contribution in [0.2, 0.25) is 0 Å². The lowest BCUT2D eigenvalue weighted by Gasteiger charge is -2.12. The van der Waals surface area contributed by atoms with Crippen molar-refractivity contribution in [3.05, 3.63) is 0 Å². The molecule has 0 heterocycles. The van der Waals surface area contributed by atoms with E-state index in [4.69, 9.17) is 19.3 Å². The summed E-state index contributed by atoms with van der Waals surface area (Å²) in [5.74, 6) is -0.657. The highest BCUT2D eigenvalue weighted by Gasteiger charge is 2.36. The lowest BCUT2D eigenvalue weighted by Crippen LogP contribution is -2.27. The standard InChI is InChI=1S/C10H18O5/c1-13-4-5-14-6-7-15-9(10(11)12)8-2-3-8/h8-9H,2-7H2,1H3,(H,11,12). The molecule has 5 nitrogen and oxygen atoms in total. The first-order valence-corrected chi connectivity index (χ1v) is 5.16. The van der Waals surface area contributed by atoms with Crippen LogP contribution in [0.25, 0.3) is 0 Å². The van der Waals surface area contributed by atoms with Crippen molar-refractivity contribution in [1.29, 1.82) is 0 Å².